The van der Waals surface area contributed by atoms with Crippen molar-refractivity contribution in [2.24, 2.45) is 0 Å². The van der Waals surface area contributed by atoms with E-state index in [4.69, 9.17) is 9.47 Å². The summed E-state index contributed by atoms with van der Waals surface area (Å²) in [5.41, 5.74) is 0. The van der Waals surface area contributed by atoms with Gasteiger partial charge in [-0.05, 0) is 25.7 Å². The Morgan fingerprint density at radius 3 is 1.47 bits per heavy atom. The Labute approximate surface area is 202 Å². The maximum Gasteiger partial charge on any atom is 0.331 e. The molecule has 0 spiro atoms. The molecule has 1 fully saturated rings. The quantitative estimate of drug-likeness (QED) is 0.239. The van der Waals surface area contributed by atoms with E-state index in [1.165, 1.54) is 0 Å². The normalized spacial score (nSPS) is 25.1. The van der Waals surface area contributed by atoms with Gasteiger partial charge in [0, 0.05) is 0 Å². The molecule has 4 atom stereocenters. The molecule has 0 saturated carbocycles. The Hall–Kier alpha value is -2.20. The molecule has 196 valence electrons. The molecule has 0 aromatic rings. The van der Waals surface area contributed by atoms with E-state index < -0.39 is 61.3 Å². The molecule has 0 aliphatic carbocycles. The Kier molecular flexibility index (Phi) is 15.1. The highest BCUT2D eigenvalue weighted by Gasteiger charge is 2.31. The standard InChI is InChI=1S/C24H42N2O8/c1-3-5-7-8-10-12-18-14-22(30)26-19(15-27)23(31)33-17(11-9-6-4-2)13-21(29)25-20(16-28)24(32)34-18/h17-20,27-28H,3-16H2,1-2H3,(H,25,29)(H,26,30)/t17-,18+,19+,20+/m1/s1. The van der Waals surface area contributed by atoms with Crippen LogP contribution in [0, 0.1) is 0 Å². The molecule has 0 bridgehead atoms. The second-order valence-electron chi connectivity index (χ2n) is 8.83. The highest BCUT2D eigenvalue weighted by molar-refractivity contribution is 5.87. The van der Waals surface area contributed by atoms with Crippen molar-refractivity contribution in [3.63, 3.8) is 0 Å². The second-order valence-corrected chi connectivity index (χ2v) is 8.83. The monoisotopic (exact) mass is 486 g/mol. The van der Waals surface area contributed by atoms with E-state index in [9.17, 15) is 29.4 Å². The van der Waals surface area contributed by atoms with Gasteiger partial charge in [0.2, 0.25) is 11.8 Å². The van der Waals surface area contributed by atoms with Crippen molar-refractivity contribution < 1.29 is 38.9 Å². The summed E-state index contributed by atoms with van der Waals surface area (Å²) < 4.78 is 10.9. The lowest BCUT2D eigenvalue weighted by Crippen LogP contribution is -2.49. The van der Waals surface area contributed by atoms with Gasteiger partial charge < -0.3 is 30.3 Å². The minimum Gasteiger partial charge on any atom is -0.460 e. The van der Waals surface area contributed by atoms with Crippen LogP contribution >= 0.6 is 0 Å². The first-order valence-electron chi connectivity index (χ1n) is 12.6. The number of rotatable bonds is 12. The molecule has 34 heavy (non-hydrogen) atoms. The predicted molar refractivity (Wildman–Crippen MR) is 125 cm³/mol. The van der Waals surface area contributed by atoms with E-state index >= 15 is 0 Å². The van der Waals surface area contributed by atoms with Crippen LogP contribution in [-0.4, -0.2) is 71.5 Å². The topological polar surface area (TPSA) is 151 Å². The number of carbonyl (C=O) groups is 4. The Balaban J connectivity index is 2.99. The molecular formula is C24H42N2O8. The molecule has 1 saturated heterocycles. The van der Waals surface area contributed by atoms with E-state index in [-0.39, 0.29) is 12.8 Å². The van der Waals surface area contributed by atoms with E-state index in [1.807, 2.05) is 6.92 Å². The van der Waals surface area contributed by atoms with E-state index in [0.29, 0.717) is 19.3 Å². The number of hydrogen-bond acceptors (Lipinski definition) is 8. The first kappa shape index (κ1) is 29.8. The molecule has 0 aromatic heterocycles. The third-order valence-electron chi connectivity index (χ3n) is 5.76. The van der Waals surface area contributed by atoms with Crippen LogP contribution in [0.4, 0.5) is 0 Å². The van der Waals surface area contributed by atoms with Gasteiger partial charge in [0.15, 0.2) is 12.1 Å². The zero-order chi connectivity index (χ0) is 25.3. The summed E-state index contributed by atoms with van der Waals surface area (Å²) >= 11 is 0. The summed E-state index contributed by atoms with van der Waals surface area (Å²) in [6, 6.07) is -2.56. The Morgan fingerprint density at radius 2 is 1.06 bits per heavy atom. The van der Waals surface area contributed by atoms with Crippen LogP contribution in [0.3, 0.4) is 0 Å². The van der Waals surface area contributed by atoms with Gasteiger partial charge in [0.1, 0.15) is 12.2 Å². The van der Waals surface area contributed by atoms with Crippen molar-refractivity contribution in [1.82, 2.24) is 10.6 Å². The fraction of sp³-hybridized carbons (Fsp3) is 0.833. The van der Waals surface area contributed by atoms with Crippen LogP contribution in [0.25, 0.3) is 0 Å². The third-order valence-corrected chi connectivity index (χ3v) is 5.76. The fourth-order valence-corrected chi connectivity index (χ4v) is 3.77. The number of amides is 2. The summed E-state index contributed by atoms with van der Waals surface area (Å²) in [7, 11) is 0. The zero-order valence-electron chi connectivity index (χ0n) is 20.6. The summed E-state index contributed by atoms with van der Waals surface area (Å²) in [5.74, 6) is -2.78. The predicted octanol–water partition coefficient (Wildman–Crippen LogP) is 1.50. The van der Waals surface area contributed by atoms with Gasteiger partial charge in [-0.3, -0.25) is 9.59 Å². The molecule has 1 heterocycles. The van der Waals surface area contributed by atoms with Crippen molar-refractivity contribution in [3.05, 3.63) is 0 Å². The van der Waals surface area contributed by atoms with Crippen molar-refractivity contribution in [1.29, 1.82) is 0 Å². The van der Waals surface area contributed by atoms with Gasteiger partial charge in [-0.25, -0.2) is 9.59 Å². The number of esters is 2. The van der Waals surface area contributed by atoms with Gasteiger partial charge in [0.05, 0.1) is 26.1 Å². The lowest BCUT2D eigenvalue weighted by molar-refractivity contribution is -0.160. The maximum absolute atomic E-state index is 12.6. The number of carbonyl (C=O) groups excluding carboxylic acids is 4. The van der Waals surface area contributed by atoms with E-state index in [2.05, 4.69) is 17.6 Å². The maximum atomic E-state index is 12.6. The number of hydrogen-bond donors (Lipinski definition) is 4. The third kappa shape index (κ3) is 11.8. The lowest BCUT2D eigenvalue weighted by Gasteiger charge is -2.25. The highest BCUT2D eigenvalue weighted by atomic mass is 16.6. The van der Waals surface area contributed by atoms with Crippen LogP contribution in [0.5, 0.6) is 0 Å². The average molecular weight is 487 g/mol. The van der Waals surface area contributed by atoms with E-state index in [1.54, 1.807) is 0 Å². The largest absolute Gasteiger partial charge is 0.460 e. The summed E-state index contributed by atoms with van der Waals surface area (Å²) in [6.07, 6.45) is 6.17. The molecule has 4 N–H and O–H groups in total. The molecule has 1 rings (SSSR count). The number of unbranched alkanes of at least 4 members (excludes halogenated alkanes) is 6. The zero-order valence-corrected chi connectivity index (χ0v) is 20.6. The number of ether oxygens (including phenoxy) is 2. The first-order chi connectivity index (χ1) is 16.3. The van der Waals surface area contributed by atoms with Gasteiger partial charge in [-0.15, -0.1) is 0 Å². The molecular weight excluding hydrogens is 444 g/mol. The lowest BCUT2D eigenvalue weighted by atomic mass is 10.0. The van der Waals surface area contributed by atoms with E-state index in [0.717, 1.165) is 44.9 Å². The van der Waals surface area contributed by atoms with Crippen LogP contribution < -0.4 is 10.6 Å². The van der Waals surface area contributed by atoms with Crippen molar-refractivity contribution in [3.8, 4) is 0 Å². The van der Waals surface area contributed by atoms with Crippen LogP contribution in [0.2, 0.25) is 0 Å². The molecule has 10 nitrogen and oxygen atoms in total. The van der Waals surface area contributed by atoms with Gasteiger partial charge in [0.25, 0.3) is 0 Å². The molecule has 10 heteroatoms. The summed E-state index contributed by atoms with van der Waals surface area (Å²) in [5, 5.41) is 24.2. The molecule has 1 aliphatic rings. The summed E-state index contributed by atoms with van der Waals surface area (Å²) in [6.45, 7) is 2.79. The second kappa shape index (κ2) is 17.3. The summed E-state index contributed by atoms with van der Waals surface area (Å²) in [4.78, 5) is 50.3. The highest BCUT2D eigenvalue weighted by Crippen LogP contribution is 2.16. The minimum atomic E-state index is -1.28. The molecule has 1 aliphatic heterocycles. The van der Waals surface area contributed by atoms with Crippen molar-refractivity contribution in [2.45, 2.75) is 115 Å². The molecule has 0 aromatic carbocycles. The smallest absolute Gasteiger partial charge is 0.331 e. The molecule has 0 unspecified atom stereocenters. The fourth-order valence-electron chi connectivity index (χ4n) is 3.77. The number of cyclic esters (lactones) is 2. The molecule has 2 amide bonds. The van der Waals surface area contributed by atoms with Crippen LogP contribution in [0.15, 0.2) is 0 Å². The number of aliphatic hydroxyl groups is 2. The van der Waals surface area contributed by atoms with Crippen molar-refractivity contribution in [2.75, 3.05) is 13.2 Å². The Bertz CT molecular complexity index is 642. The SMILES string of the molecule is CCCCCCC[C@H]1CC(=O)N[C@@H](CO)C(=O)O[C@H](CCCCC)CC(=O)N[C@@H](CO)C(=O)O1. The number of aliphatic hydroxyl groups excluding tert-OH is 2. The Morgan fingerprint density at radius 1 is 0.676 bits per heavy atom. The first-order valence-corrected chi connectivity index (χ1v) is 12.6. The van der Waals surface area contributed by atoms with Crippen LogP contribution in [0.1, 0.15) is 90.9 Å². The molecule has 0 radical (unpaired) electrons. The van der Waals surface area contributed by atoms with Crippen molar-refractivity contribution >= 4 is 23.8 Å². The average Bonchev–Trinajstić information content (AvgIpc) is 2.80. The minimum absolute atomic E-state index is 0.213. The van der Waals surface area contributed by atoms with Gasteiger partial charge in [-0.2, -0.15) is 0 Å². The van der Waals surface area contributed by atoms with Gasteiger partial charge >= 0.3 is 11.9 Å². The van der Waals surface area contributed by atoms with Gasteiger partial charge in [-0.1, -0.05) is 52.4 Å². The number of nitrogens with one attached hydrogen (secondary N) is 2. The van der Waals surface area contributed by atoms with Crippen LogP contribution in [-0.2, 0) is 28.7 Å².